The van der Waals surface area contributed by atoms with E-state index in [1.54, 1.807) is 25.4 Å². The molecular formula is C46H56N10O6S2. The fourth-order valence-electron chi connectivity index (χ4n) is 5.16. The number of fused-ring (bicyclic) bond motifs is 3. The summed E-state index contributed by atoms with van der Waals surface area (Å²) in [5.74, 6) is 53.3. The Morgan fingerprint density at radius 1 is 0.984 bits per heavy atom. The summed E-state index contributed by atoms with van der Waals surface area (Å²) in [5.41, 5.74) is 8.71. The van der Waals surface area contributed by atoms with Crippen molar-refractivity contribution in [1.82, 2.24) is 29.4 Å². The highest BCUT2D eigenvalue weighted by atomic mass is 32.1. The normalized spacial score (nSPS) is 11.1. The first kappa shape index (κ1) is 50.0. The highest BCUT2D eigenvalue weighted by molar-refractivity contribution is 7.75. The number of terminal acetylenes is 1. The van der Waals surface area contributed by atoms with E-state index in [0.29, 0.717) is 18.1 Å². The van der Waals surface area contributed by atoms with Crippen molar-refractivity contribution in [3.63, 3.8) is 0 Å². The molecule has 0 spiro atoms. The second-order valence-corrected chi connectivity index (χ2v) is 13.2. The number of methoxy groups -OCH3 is 1. The van der Waals surface area contributed by atoms with Gasteiger partial charge in [-0.25, -0.2) is 15.0 Å². The lowest BCUT2D eigenvalue weighted by Crippen LogP contribution is -2.27. The quantitative estimate of drug-likeness (QED) is 0.0352. The van der Waals surface area contributed by atoms with E-state index in [2.05, 4.69) is 191 Å². The Bertz CT molecular complexity index is 3120. The summed E-state index contributed by atoms with van der Waals surface area (Å²) in [4.78, 5) is 25.6. The van der Waals surface area contributed by atoms with Crippen LogP contribution in [-0.4, -0.2) is 68.6 Å². The fraction of sp³-hybridized carbons (Fsp3) is 0.239. The average Bonchev–Trinajstić information content (AvgIpc) is 4.08. The molecule has 1 aliphatic heterocycles. The Labute approximate surface area is 396 Å². The number of ether oxygens (including phenoxy) is 2. The van der Waals surface area contributed by atoms with Gasteiger partial charge in [0.05, 0.1) is 25.6 Å². The lowest BCUT2D eigenvalue weighted by atomic mass is 10.1. The van der Waals surface area contributed by atoms with Crippen LogP contribution in [-0.2, 0) is 27.1 Å². The molecule has 16 nitrogen and oxygen atoms in total. The van der Waals surface area contributed by atoms with E-state index in [-0.39, 0.29) is 26.7 Å². The Balaban J connectivity index is -0.000000130. The Morgan fingerprint density at radius 2 is 1.56 bits per heavy atom. The SMILES string of the molecule is C#CC#CC#CC#CC#CC#CC#CC#CC#CC#CC#CC.COc1ccc(Cn2c(=O)n3ncnc3c3c(C)c(CN(C)CC4CCOC4)sc32)cc1.N=N/N=N/N(OO)OS.[HH].[HH].[HH].[HH].[HH].[HH].[HH].[HH].[HH].[HH].[HH]. The number of rotatable bonds is 11. The number of aromatic nitrogens is 4. The van der Waals surface area contributed by atoms with Crippen molar-refractivity contribution in [2.45, 2.75) is 33.4 Å². The van der Waals surface area contributed by atoms with Crippen molar-refractivity contribution in [3.05, 3.63) is 57.1 Å². The Morgan fingerprint density at radius 3 is 2.05 bits per heavy atom. The van der Waals surface area contributed by atoms with Gasteiger partial charge in [-0.1, -0.05) is 23.0 Å². The molecular weight excluding hydrogens is 853 g/mol. The zero-order valence-electron chi connectivity index (χ0n) is 34.7. The summed E-state index contributed by atoms with van der Waals surface area (Å²) < 4.78 is 17.9. The van der Waals surface area contributed by atoms with Gasteiger partial charge in [0.1, 0.15) is 16.9 Å². The van der Waals surface area contributed by atoms with Gasteiger partial charge in [-0.05, 0) is 162 Å². The molecule has 1 aromatic carbocycles. The summed E-state index contributed by atoms with van der Waals surface area (Å²) >= 11 is 4.83. The van der Waals surface area contributed by atoms with Gasteiger partial charge in [0.15, 0.2) is 5.65 Å². The maximum Gasteiger partial charge on any atom is 0.352 e. The molecule has 4 aromatic rings. The molecule has 4 heterocycles. The number of thiol groups is 1. The standard InChI is InChI=1S/C23H27N5O3S.C23H4.H3N5O3S.11H2/c1-15-19(12-26(2)10-17-8-9-31-13-17)32-22-20(15)21-24-14-25-28(21)23(29)27(22)11-16-4-6-18(30-3)7-5-16;1-3-5-7-9-11-13-15-17-19-21-23-22-20-18-16-14-12-10-8-6-4-2;1-2-3-4-5(7-6)8-9;;;;;;;;;;;/h4-7,14,17H,8-13H2,1-3H3;1H,2H3;1,6,9H;11*1H/b;;2-1?,4-3+;;;;;;;;;;;. The molecule has 1 saturated heterocycles. The lowest BCUT2D eigenvalue weighted by molar-refractivity contribution is -0.478. The van der Waals surface area contributed by atoms with E-state index in [4.69, 9.17) is 26.7 Å². The summed E-state index contributed by atoms with van der Waals surface area (Å²) in [6.07, 6.45) is 7.48. The number of thiophene rings is 1. The minimum absolute atomic E-state index is 0. The molecule has 2 N–H and O–H groups in total. The molecule has 0 radical (unpaired) electrons. The average molecular weight is 909 g/mol. The summed E-state index contributed by atoms with van der Waals surface area (Å²) in [5, 5.41) is 21.0. The molecule has 0 aliphatic carbocycles. The smallest absolute Gasteiger partial charge is 0.352 e. The van der Waals surface area contributed by atoms with Crippen molar-refractivity contribution in [2.75, 3.05) is 33.9 Å². The highest BCUT2D eigenvalue weighted by Gasteiger charge is 2.22. The second kappa shape index (κ2) is 29.8. The molecule has 0 saturated carbocycles. The van der Waals surface area contributed by atoms with Crippen molar-refractivity contribution < 1.29 is 39.7 Å². The number of benzene rings is 1. The zero-order chi connectivity index (χ0) is 46.2. The van der Waals surface area contributed by atoms with Gasteiger partial charge in [-0.2, -0.15) is 19.4 Å². The highest BCUT2D eigenvalue weighted by Crippen LogP contribution is 2.33. The fourth-order valence-corrected chi connectivity index (χ4v) is 6.60. The van der Waals surface area contributed by atoms with Gasteiger partial charge in [0.2, 0.25) is 0 Å². The lowest BCUT2D eigenvalue weighted by Gasteiger charge is -2.19. The Hall–Kier alpha value is -8.36. The van der Waals surface area contributed by atoms with Crippen molar-refractivity contribution >= 4 is 40.1 Å². The van der Waals surface area contributed by atoms with Crippen LogP contribution in [0.15, 0.2) is 51.1 Å². The number of hydrogen-bond acceptors (Lipinski definition) is 13. The number of nitrogens with one attached hydrogen (secondary N) is 1. The third-order valence-electron chi connectivity index (χ3n) is 7.78. The topological polar surface area (TPSA) is 177 Å². The van der Waals surface area contributed by atoms with Crippen LogP contribution in [0.5, 0.6) is 5.75 Å². The first-order valence-corrected chi connectivity index (χ1v) is 19.3. The molecule has 18 heteroatoms. The van der Waals surface area contributed by atoms with Gasteiger partial charge >= 0.3 is 5.69 Å². The molecule has 1 fully saturated rings. The van der Waals surface area contributed by atoms with Crippen LogP contribution >= 0.6 is 24.2 Å². The minimum atomic E-state index is -0.176. The van der Waals surface area contributed by atoms with Crippen LogP contribution in [0.3, 0.4) is 0 Å². The summed E-state index contributed by atoms with van der Waals surface area (Å²) in [7, 11) is 3.80. The van der Waals surface area contributed by atoms with Crippen LogP contribution in [0.25, 0.3) is 15.9 Å². The minimum Gasteiger partial charge on any atom is -0.497 e. The van der Waals surface area contributed by atoms with Crippen LogP contribution in [0.4, 0.5) is 0 Å². The largest absolute Gasteiger partial charge is 0.497 e. The molecule has 5 rings (SSSR count). The Kier molecular flexibility index (Phi) is 23.3. The van der Waals surface area contributed by atoms with Crippen LogP contribution in [0, 0.1) is 149 Å². The predicted octanol–water partition coefficient (Wildman–Crippen LogP) is 7.10. The first-order chi connectivity index (χ1) is 31.3. The van der Waals surface area contributed by atoms with Gasteiger partial charge in [-0.3, -0.25) is 4.57 Å². The van der Waals surface area contributed by atoms with Gasteiger partial charge < -0.3 is 14.4 Å². The molecule has 338 valence electrons. The van der Waals surface area contributed by atoms with Crippen LogP contribution in [0.2, 0.25) is 0 Å². The predicted molar refractivity (Wildman–Crippen MR) is 266 cm³/mol. The van der Waals surface area contributed by atoms with Crippen molar-refractivity contribution in [3.8, 4) is 137 Å². The van der Waals surface area contributed by atoms with E-state index in [9.17, 15) is 4.79 Å². The molecule has 1 aliphatic rings. The summed E-state index contributed by atoms with van der Waals surface area (Å²) in [6, 6.07) is 7.81. The van der Waals surface area contributed by atoms with E-state index in [1.807, 2.05) is 28.8 Å². The van der Waals surface area contributed by atoms with Gasteiger partial charge in [-0.15, -0.1) is 17.8 Å². The maximum absolute atomic E-state index is 13.3. The van der Waals surface area contributed by atoms with Gasteiger partial charge in [0, 0.05) is 87.4 Å². The number of aryl methyl sites for hydroxylation is 1. The molecule has 1 atom stereocenters. The third kappa shape index (κ3) is 17.3. The summed E-state index contributed by atoms with van der Waals surface area (Å²) in [6.45, 7) is 7.83. The maximum atomic E-state index is 13.3. The zero-order valence-corrected chi connectivity index (χ0v) is 36.4. The van der Waals surface area contributed by atoms with E-state index in [1.165, 1.54) is 21.3 Å². The van der Waals surface area contributed by atoms with E-state index >= 15 is 0 Å². The van der Waals surface area contributed by atoms with Crippen LogP contribution in [0.1, 0.15) is 45.0 Å². The monoisotopic (exact) mass is 908 g/mol. The van der Waals surface area contributed by atoms with Crippen molar-refractivity contribution in [2.24, 2.45) is 21.6 Å². The molecule has 1 unspecified atom stereocenters. The number of hydrogen-bond donors (Lipinski definition) is 3. The number of nitrogens with zero attached hydrogens (tertiary/aromatic N) is 9. The van der Waals surface area contributed by atoms with Crippen LogP contribution < -0.4 is 10.4 Å². The van der Waals surface area contributed by atoms with E-state index < -0.39 is 0 Å². The second-order valence-electron chi connectivity index (χ2n) is 11.9. The molecule has 64 heavy (non-hydrogen) atoms. The molecule has 0 amide bonds. The third-order valence-corrected chi connectivity index (χ3v) is 9.22. The molecule has 0 bridgehead atoms. The first-order valence-electron chi connectivity index (χ1n) is 18.1. The molecule has 3 aromatic heterocycles. The van der Waals surface area contributed by atoms with E-state index in [0.717, 1.165) is 54.3 Å². The van der Waals surface area contributed by atoms with Crippen molar-refractivity contribution in [1.29, 1.82) is 5.53 Å². The van der Waals surface area contributed by atoms with Gasteiger partial charge in [0.25, 0.3) is 0 Å².